The lowest BCUT2D eigenvalue weighted by atomic mass is 10.4. The number of sulfonamides is 1. The summed E-state index contributed by atoms with van der Waals surface area (Å²) in [5.41, 5.74) is 0. The lowest BCUT2D eigenvalue weighted by molar-refractivity contribution is 0.475. The number of likely N-dealkylation sites (tertiary alicyclic amines) is 1. The van der Waals surface area contributed by atoms with Gasteiger partial charge >= 0.3 is 0 Å². The molecular weight excluding hydrogens is 234 g/mol. The van der Waals surface area contributed by atoms with Crippen LogP contribution in [0.15, 0.2) is 5.10 Å². The molecule has 1 atom stereocenters. The summed E-state index contributed by atoms with van der Waals surface area (Å²) in [6.07, 6.45) is 0.711. The van der Waals surface area contributed by atoms with E-state index in [1.165, 1.54) is 7.05 Å². The summed E-state index contributed by atoms with van der Waals surface area (Å²) in [7, 11) is 0.122. The zero-order chi connectivity index (χ0) is 11.6. The van der Waals surface area contributed by atoms with Gasteiger partial charge in [-0.2, -0.15) is 17.0 Å². The third kappa shape index (κ3) is 3.01. The molecule has 1 heterocycles. The standard InChI is InChI=1S/C8H17N3O2S2/c1-4-15(12,13)11(3)9-8-5-7(14)6-10(8)2/h7,14H,4-6H2,1-3H3. The summed E-state index contributed by atoms with van der Waals surface area (Å²) in [6.45, 7) is 2.41. The molecule has 1 saturated heterocycles. The van der Waals surface area contributed by atoms with Gasteiger partial charge in [0.05, 0.1) is 5.75 Å². The first-order valence-electron chi connectivity index (χ1n) is 4.80. The maximum atomic E-state index is 11.5. The minimum atomic E-state index is -3.23. The van der Waals surface area contributed by atoms with Gasteiger partial charge in [-0.1, -0.05) is 0 Å². The third-order valence-electron chi connectivity index (χ3n) is 2.37. The first-order chi connectivity index (χ1) is 6.86. The summed E-state index contributed by atoms with van der Waals surface area (Å²) >= 11 is 4.34. The lowest BCUT2D eigenvalue weighted by Crippen LogP contribution is -2.28. The molecule has 0 radical (unpaired) electrons. The number of amidine groups is 1. The molecule has 0 N–H and O–H groups in total. The molecule has 0 amide bonds. The van der Waals surface area contributed by atoms with Gasteiger partial charge in [-0.15, -0.1) is 5.10 Å². The second kappa shape index (κ2) is 4.61. The van der Waals surface area contributed by atoms with Crippen LogP contribution in [-0.4, -0.2) is 55.2 Å². The van der Waals surface area contributed by atoms with Crippen molar-refractivity contribution in [2.75, 3.05) is 26.4 Å². The highest BCUT2D eigenvalue weighted by molar-refractivity contribution is 7.89. The summed E-state index contributed by atoms with van der Waals surface area (Å²) in [6, 6.07) is 0. The predicted molar refractivity (Wildman–Crippen MR) is 64.7 cm³/mol. The molecule has 1 aliphatic heterocycles. The van der Waals surface area contributed by atoms with E-state index < -0.39 is 10.0 Å². The molecule has 15 heavy (non-hydrogen) atoms. The average molecular weight is 251 g/mol. The number of hydrazone groups is 1. The largest absolute Gasteiger partial charge is 0.361 e. The fourth-order valence-electron chi connectivity index (χ4n) is 1.38. The Labute approximate surface area is 96.6 Å². The SMILES string of the molecule is CCS(=O)(=O)N(C)N=C1CC(S)CN1C. The fraction of sp³-hybridized carbons (Fsp3) is 0.875. The van der Waals surface area contributed by atoms with Crippen molar-refractivity contribution in [2.45, 2.75) is 18.6 Å². The van der Waals surface area contributed by atoms with Crippen molar-refractivity contribution in [3.8, 4) is 0 Å². The molecule has 5 nitrogen and oxygen atoms in total. The van der Waals surface area contributed by atoms with Crippen LogP contribution in [0.3, 0.4) is 0 Å². The molecule has 0 saturated carbocycles. The van der Waals surface area contributed by atoms with Gasteiger partial charge in [0, 0.05) is 32.3 Å². The van der Waals surface area contributed by atoms with Crippen LogP contribution >= 0.6 is 12.6 Å². The van der Waals surface area contributed by atoms with E-state index in [1.807, 2.05) is 11.9 Å². The van der Waals surface area contributed by atoms with Crippen LogP contribution in [0.4, 0.5) is 0 Å². The molecule has 1 fully saturated rings. The molecule has 0 spiro atoms. The van der Waals surface area contributed by atoms with E-state index in [2.05, 4.69) is 17.7 Å². The Kier molecular flexibility index (Phi) is 3.88. The van der Waals surface area contributed by atoms with Crippen molar-refractivity contribution < 1.29 is 8.42 Å². The van der Waals surface area contributed by atoms with E-state index >= 15 is 0 Å². The first kappa shape index (κ1) is 12.6. The van der Waals surface area contributed by atoms with Gasteiger partial charge in [0.2, 0.25) is 10.0 Å². The Hall–Kier alpha value is -0.430. The Bertz CT molecular complexity index is 353. The van der Waals surface area contributed by atoms with Crippen LogP contribution in [0.1, 0.15) is 13.3 Å². The molecule has 0 aromatic heterocycles. The molecule has 0 aromatic carbocycles. The van der Waals surface area contributed by atoms with E-state index in [0.29, 0.717) is 6.42 Å². The summed E-state index contributed by atoms with van der Waals surface area (Å²) in [5.74, 6) is 0.836. The lowest BCUT2D eigenvalue weighted by Gasteiger charge is -2.16. The Morgan fingerprint density at radius 1 is 1.67 bits per heavy atom. The smallest absolute Gasteiger partial charge is 0.249 e. The zero-order valence-corrected chi connectivity index (χ0v) is 10.9. The fourth-order valence-corrected chi connectivity index (χ4v) is 2.38. The molecule has 0 aromatic rings. The van der Waals surface area contributed by atoms with E-state index in [-0.39, 0.29) is 11.0 Å². The Balaban J connectivity index is 2.80. The van der Waals surface area contributed by atoms with E-state index in [0.717, 1.165) is 16.8 Å². The van der Waals surface area contributed by atoms with Crippen LogP contribution < -0.4 is 0 Å². The molecule has 7 heteroatoms. The topological polar surface area (TPSA) is 53.0 Å². The summed E-state index contributed by atoms with van der Waals surface area (Å²) in [4.78, 5) is 1.93. The molecular formula is C8H17N3O2S2. The number of hydrogen-bond acceptors (Lipinski definition) is 4. The Morgan fingerprint density at radius 2 is 2.27 bits per heavy atom. The van der Waals surface area contributed by atoms with Crippen molar-refractivity contribution >= 4 is 28.5 Å². The number of thiol groups is 1. The van der Waals surface area contributed by atoms with Crippen molar-refractivity contribution in [1.29, 1.82) is 0 Å². The van der Waals surface area contributed by atoms with Gasteiger partial charge in [-0.25, -0.2) is 8.42 Å². The second-order valence-electron chi connectivity index (χ2n) is 3.59. The minimum absolute atomic E-state index is 0.0638. The highest BCUT2D eigenvalue weighted by Gasteiger charge is 2.24. The van der Waals surface area contributed by atoms with Crippen LogP contribution in [-0.2, 0) is 10.0 Å². The second-order valence-corrected chi connectivity index (χ2v) is 6.59. The van der Waals surface area contributed by atoms with Gasteiger partial charge in [0.25, 0.3) is 0 Å². The predicted octanol–water partition coefficient (Wildman–Crippen LogP) is 0.215. The van der Waals surface area contributed by atoms with Crippen molar-refractivity contribution in [3.63, 3.8) is 0 Å². The first-order valence-corrected chi connectivity index (χ1v) is 6.92. The molecule has 88 valence electrons. The van der Waals surface area contributed by atoms with E-state index in [4.69, 9.17) is 0 Å². The third-order valence-corrected chi connectivity index (χ3v) is 4.33. The molecule has 1 aliphatic rings. The normalized spacial score (nSPS) is 24.9. The number of nitrogens with zero attached hydrogens (tertiary/aromatic N) is 3. The Morgan fingerprint density at radius 3 is 2.67 bits per heavy atom. The maximum Gasteiger partial charge on any atom is 0.249 e. The average Bonchev–Trinajstić information content (AvgIpc) is 2.45. The minimum Gasteiger partial charge on any atom is -0.361 e. The van der Waals surface area contributed by atoms with Crippen molar-refractivity contribution in [1.82, 2.24) is 9.31 Å². The van der Waals surface area contributed by atoms with Gasteiger partial charge in [-0.3, -0.25) is 0 Å². The van der Waals surface area contributed by atoms with Gasteiger partial charge < -0.3 is 4.90 Å². The van der Waals surface area contributed by atoms with E-state index in [9.17, 15) is 8.42 Å². The highest BCUT2D eigenvalue weighted by atomic mass is 32.2. The van der Waals surface area contributed by atoms with Crippen LogP contribution in [0, 0.1) is 0 Å². The molecule has 1 rings (SSSR count). The molecule has 0 aliphatic carbocycles. The molecule has 1 unspecified atom stereocenters. The zero-order valence-electron chi connectivity index (χ0n) is 9.21. The number of hydrogen-bond donors (Lipinski definition) is 1. The van der Waals surface area contributed by atoms with Crippen LogP contribution in [0.5, 0.6) is 0 Å². The van der Waals surface area contributed by atoms with Crippen molar-refractivity contribution in [2.24, 2.45) is 5.10 Å². The van der Waals surface area contributed by atoms with Gasteiger partial charge in [-0.05, 0) is 6.92 Å². The van der Waals surface area contributed by atoms with Crippen LogP contribution in [0.25, 0.3) is 0 Å². The molecule has 0 bridgehead atoms. The maximum absolute atomic E-state index is 11.5. The number of rotatable bonds is 3. The van der Waals surface area contributed by atoms with Crippen LogP contribution in [0.2, 0.25) is 0 Å². The summed E-state index contributed by atoms with van der Waals surface area (Å²) in [5, 5.41) is 4.33. The van der Waals surface area contributed by atoms with Gasteiger partial charge in [0.15, 0.2) is 0 Å². The van der Waals surface area contributed by atoms with Gasteiger partial charge in [0.1, 0.15) is 5.84 Å². The quantitative estimate of drug-likeness (QED) is 0.576. The van der Waals surface area contributed by atoms with E-state index in [1.54, 1.807) is 6.92 Å². The summed E-state index contributed by atoms with van der Waals surface area (Å²) < 4.78 is 24.0. The monoisotopic (exact) mass is 251 g/mol. The van der Waals surface area contributed by atoms with Crippen molar-refractivity contribution in [3.05, 3.63) is 0 Å². The highest BCUT2D eigenvalue weighted by Crippen LogP contribution is 2.16.